The van der Waals surface area contributed by atoms with Crippen molar-refractivity contribution in [1.82, 2.24) is 0 Å². The Hall–Kier alpha value is -3.79. The minimum Gasteiger partial charge on any atom is -0.369 e. The molecule has 0 saturated heterocycles. The smallest absolute Gasteiger partial charge is 0.285 e. The van der Waals surface area contributed by atoms with Crippen LogP contribution in [0, 0.1) is 16.6 Å². The van der Waals surface area contributed by atoms with E-state index in [1.165, 1.54) is 24.3 Å². The molecular weight excluding hydrogens is 531 g/mol. The highest BCUT2D eigenvalue weighted by Gasteiger charge is 2.49. The second-order valence-corrected chi connectivity index (χ2v) is 14.0. The number of sulfonamides is 1. The lowest BCUT2D eigenvalue weighted by atomic mass is 9.63. The average Bonchev–Trinajstić information content (AvgIpc) is 2.81. The van der Waals surface area contributed by atoms with E-state index in [1.807, 2.05) is 32.6 Å². The number of anilines is 1. The van der Waals surface area contributed by atoms with Gasteiger partial charge in [0, 0.05) is 47.0 Å². The summed E-state index contributed by atoms with van der Waals surface area (Å²) in [6, 6.07) is 12.1. The van der Waals surface area contributed by atoms with Crippen molar-refractivity contribution in [1.29, 1.82) is 0 Å². The van der Waals surface area contributed by atoms with Gasteiger partial charge >= 0.3 is 0 Å². The first-order chi connectivity index (χ1) is 18.6. The van der Waals surface area contributed by atoms with Crippen LogP contribution in [0.15, 0.2) is 80.4 Å². The second kappa shape index (κ2) is 9.40. The Balaban J connectivity index is 1.77. The highest BCUT2D eigenvalue weighted by Crippen LogP contribution is 2.55. The SMILES string of the molecule is CC1(C)CC(=O)C2=C(C1)N(c1ccc(S(=O)(=O)N=C(N)N)cc1)C1=C(C(=O)CC(C)(C)C1)C2c1ccc(F)cc1. The fourth-order valence-electron chi connectivity index (χ4n) is 6.22. The molecule has 0 spiro atoms. The van der Waals surface area contributed by atoms with Gasteiger partial charge in [-0.3, -0.25) is 9.59 Å². The summed E-state index contributed by atoms with van der Waals surface area (Å²) in [6.45, 7) is 8.13. The monoisotopic (exact) mass is 564 g/mol. The summed E-state index contributed by atoms with van der Waals surface area (Å²) in [7, 11) is -4.10. The van der Waals surface area contributed by atoms with Crippen LogP contribution in [0.2, 0.25) is 0 Å². The predicted octanol–water partition coefficient (Wildman–Crippen LogP) is 4.68. The zero-order chi connectivity index (χ0) is 29.2. The summed E-state index contributed by atoms with van der Waals surface area (Å²) < 4.78 is 42.4. The van der Waals surface area contributed by atoms with E-state index < -0.39 is 27.7 Å². The van der Waals surface area contributed by atoms with E-state index in [0.29, 0.717) is 48.1 Å². The first-order valence-electron chi connectivity index (χ1n) is 13.1. The summed E-state index contributed by atoms with van der Waals surface area (Å²) in [6.07, 6.45) is 1.75. The Labute approximate surface area is 233 Å². The fraction of sp³-hybridized carbons (Fsp3) is 0.367. The molecule has 40 heavy (non-hydrogen) atoms. The molecule has 0 unspecified atom stereocenters. The molecule has 0 atom stereocenters. The van der Waals surface area contributed by atoms with Gasteiger partial charge in [0.25, 0.3) is 10.0 Å². The number of hydrogen-bond acceptors (Lipinski definition) is 5. The first-order valence-corrected chi connectivity index (χ1v) is 14.6. The van der Waals surface area contributed by atoms with Crippen LogP contribution in [0.1, 0.15) is 64.9 Å². The number of rotatable bonds is 4. The van der Waals surface area contributed by atoms with E-state index in [-0.39, 0.29) is 27.3 Å². The van der Waals surface area contributed by atoms with Crippen molar-refractivity contribution in [3.63, 3.8) is 0 Å². The Morgan fingerprint density at radius 2 is 1.30 bits per heavy atom. The average molecular weight is 565 g/mol. The lowest BCUT2D eigenvalue weighted by molar-refractivity contribution is -0.119. The lowest BCUT2D eigenvalue weighted by Gasteiger charge is -2.49. The molecule has 8 nitrogen and oxygen atoms in total. The highest BCUT2D eigenvalue weighted by atomic mass is 32.2. The molecule has 210 valence electrons. The van der Waals surface area contributed by atoms with Gasteiger partial charge in [0.1, 0.15) is 5.82 Å². The van der Waals surface area contributed by atoms with Crippen LogP contribution in [0.4, 0.5) is 10.1 Å². The molecule has 5 rings (SSSR count). The van der Waals surface area contributed by atoms with Crippen LogP contribution >= 0.6 is 0 Å². The normalized spacial score (nSPS) is 20.8. The third-order valence-corrected chi connectivity index (χ3v) is 9.05. The molecular formula is C30H33FN4O4S. The van der Waals surface area contributed by atoms with Gasteiger partial charge in [-0.1, -0.05) is 39.8 Å². The summed E-state index contributed by atoms with van der Waals surface area (Å²) in [4.78, 5) is 29.6. The fourth-order valence-corrected chi connectivity index (χ4v) is 7.09. The number of ketones is 2. The van der Waals surface area contributed by atoms with Crippen molar-refractivity contribution < 1.29 is 22.4 Å². The standard InChI is InChI=1S/C30H33FN4O4S/c1-29(2)13-21-26(23(36)15-29)25(17-5-7-18(31)8-6-17)27-22(14-30(3,4)16-24(27)37)35(21)19-9-11-20(12-10-19)40(38,39)34-28(32)33/h5-12,25H,13-16H2,1-4H3,(H4,32,33,34). The minimum absolute atomic E-state index is 0.0540. The zero-order valence-corrected chi connectivity index (χ0v) is 23.8. The number of halogens is 1. The van der Waals surface area contributed by atoms with Crippen molar-refractivity contribution in [2.45, 2.75) is 64.2 Å². The van der Waals surface area contributed by atoms with Gasteiger partial charge in [-0.25, -0.2) is 4.39 Å². The quantitative estimate of drug-likeness (QED) is 0.407. The number of benzene rings is 2. The number of carbonyl (C=O) groups excluding carboxylic acids is 2. The van der Waals surface area contributed by atoms with Gasteiger partial charge in [-0.2, -0.15) is 8.42 Å². The predicted molar refractivity (Wildman–Crippen MR) is 151 cm³/mol. The lowest BCUT2D eigenvalue weighted by Crippen LogP contribution is -2.44. The summed E-state index contributed by atoms with van der Waals surface area (Å²) in [5.74, 6) is -1.67. The van der Waals surface area contributed by atoms with Crippen LogP contribution in [-0.4, -0.2) is 25.9 Å². The van der Waals surface area contributed by atoms with Crippen LogP contribution < -0.4 is 16.4 Å². The molecule has 2 aliphatic carbocycles. The Morgan fingerprint density at radius 3 is 1.75 bits per heavy atom. The number of Topliss-reactive ketones (excluding diaryl/α,β-unsaturated/α-hetero) is 2. The summed E-state index contributed by atoms with van der Waals surface area (Å²) in [5, 5.41) is 0. The van der Waals surface area contributed by atoms with E-state index in [4.69, 9.17) is 11.5 Å². The molecule has 0 amide bonds. The molecule has 1 aliphatic heterocycles. The third-order valence-electron chi connectivity index (χ3n) is 7.73. The molecule has 0 aromatic heterocycles. The Morgan fingerprint density at radius 1 is 0.825 bits per heavy atom. The van der Waals surface area contributed by atoms with E-state index in [2.05, 4.69) is 4.40 Å². The van der Waals surface area contributed by atoms with Crippen molar-refractivity contribution in [2.75, 3.05) is 4.90 Å². The molecule has 2 aromatic carbocycles. The molecule has 2 aromatic rings. The van der Waals surface area contributed by atoms with Crippen molar-refractivity contribution in [3.05, 3.63) is 82.5 Å². The maximum absolute atomic E-state index is 13.9. The number of allylic oxidation sites excluding steroid dienone is 4. The van der Waals surface area contributed by atoms with Crippen LogP contribution in [-0.2, 0) is 19.6 Å². The zero-order valence-electron chi connectivity index (χ0n) is 23.0. The Bertz CT molecular complexity index is 1560. The number of carbonyl (C=O) groups is 2. The number of hydrogen-bond donors (Lipinski definition) is 2. The maximum atomic E-state index is 13.9. The van der Waals surface area contributed by atoms with Crippen LogP contribution in [0.3, 0.4) is 0 Å². The van der Waals surface area contributed by atoms with E-state index in [0.717, 1.165) is 11.4 Å². The number of nitrogens with two attached hydrogens (primary N) is 2. The molecule has 0 fully saturated rings. The van der Waals surface area contributed by atoms with Crippen molar-refractivity contribution in [3.8, 4) is 0 Å². The molecule has 0 saturated carbocycles. The third kappa shape index (κ3) is 4.96. The van der Waals surface area contributed by atoms with E-state index in [1.54, 1.807) is 24.3 Å². The molecule has 0 radical (unpaired) electrons. The second-order valence-electron chi connectivity index (χ2n) is 12.4. The van der Waals surface area contributed by atoms with E-state index in [9.17, 15) is 22.4 Å². The van der Waals surface area contributed by atoms with Crippen LogP contribution in [0.25, 0.3) is 0 Å². The van der Waals surface area contributed by atoms with Gasteiger partial charge in [0.05, 0.1) is 4.90 Å². The highest BCUT2D eigenvalue weighted by molar-refractivity contribution is 7.90. The number of nitrogens with zero attached hydrogens (tertiary/aromatic N) is 2. The summed E-state index contributed by atoms with van der Waals surface area (Å²) >= 11 is 0. The van der Waals surface area contributed by atoms with Gasteiger partial charge in [0.2, 0.25) is 5.96 Å². The molecule has 10 heteroatoms. The van der Waals surface area contributed by atoms with Crippen LogP contribution in [0.5, 0.6) is 0 Å². The largest absolute Gasteiger partial charge is 0.369 e. The van der Waals surface area contributed by atoms with Crippen molar-refractivity contribution >= 4 is 33.2 Å². The minimum atomic E-state index is -4.10. The van der Waals surface area contributed by atoms with Gasteiger partial charge < -0.3 is 16.4 Å². The Kier molecular flexibility index (Phi) is 6.52. The first kappa shape index (κ1) is 27.8. The van der Waals surface area contributed by atoms with Gasteiger partial charge in [-0.15, -0.1) is 4.40 Å². The van der Waals surface area contributed by atoms with Gasteiger partial charge in [0.15, 0.2) is 11.6 Å². The molecule has 1 heterocycles. The topological polar surface area (TPSA) is 136 Å². The summed E-state index contributed by atoms with van der Waals surface area (Å²) in [5.41, 5.74) is 13.9. The molecule has 3 aliphatic rings. The van der Waals surface area contributed by atoms with Gasteiger partial charge in [-0.05, 0) is 65.6 Å². The molecule has 4 N–H and O–H groups in total. The van der Waals surface area contributed by atoms with E-state index >= 15 is 0 Å². The molecule has 0 bridgehead atoms. The van der Waals surface area contributed by atoms with Crippen molar-refractivity contribution in [2.24, 2.45) is 26.7 Å². The maximum Gasteiger partial charge on any atom is 0.285 e. The number of guanidine groups is 1.